The Kier molecular flexibility index (Phi) is 3.85. The molecule has 1 unspecified atom stereocenters. The second kappa shape index (κ2) is 6.53. The monoisotopic (exact) mass is 406 g/mol. The van der Waals surface area contributed by atoms with E-state index in [1.54, 1.807) is 42.6 Å². The zero-order chi connectivity index (χ0) is 20.0. The molecule has 4 aromatic heterocycles. The van der Waals surface area contributed by atoms with Gasteiger partial charge in [0.15, 0.2) is 0 Å². The number of carbonyl (C=O) groups is 2. The Morgan fingerprint density at radius 3 is 2.66 bits per heavy atom. The van der Waals surface area contributed by atoms with E-state index in [1.165, 1.54) is 12.4 Å². The Hall–Kier alpha value is -4.05. The van der Waals surface area contributed by atoms with E-state index in [4.69, 9.17) is 4.74 Å². The lowest BCUT2D eigenvalue weighted by molar-refractivity contribution is 0.221. The summed E-state index contributed by atoms with van der Waals surface area (Å²) in [5.74, 6) is 0.874. The lowest BCUT2D eigenvalue weighted by Gasteiger charge is -2.13. The van der Waals surface area contributed by atoms with Crippen molar-refractivity contribution in [3.63, 3.8) is 0 Å². The predicted molar refractivity (Wildman–Crippen MR) is 108 cm³/mol. The fourth-order valence-electron chi connectivity index (χ4n) is 3.15. The van der Waals surface area contributed by atoms with Crippen LogP contribution >= 0.6 is 10.5 Å². The van der Waals surface area contributed by atoms with Crippen LogP contribution in [0.15, 0.2) is 55.0 Å². The Bertz CT molecular complexity index is 1270. The third-order valence-corrected chi connectivity index (χ3v) is 6.15. The molecule has 0 spiro atoms. The normalized spacial score (nSPS) is 13.0. The van der Waals surface area contributed by atoms with Crippen LogP contribution in [0, 0.1) is 0 Å². The van der Waals surface area contributed by atoms with E-state index in [0.717, 1.165) is 0 Å². The van der Waals surface area contributed by atoms with Crippen LogP contribution in [-0.2, 0) is 0 Å². The largest absolute Gasteiger partial charge is 0.554 e. The number of rotatable bonds is 4. The summed E-state index contributed by atoms with van der Waals surface area (Å²) < 4.78 is 5.64. The van der Waals surface area contributed by atoms with Crippen molar-refractivity contribution in [2.45, 2.75) is 0 Å². The number of amides is 2. The molecule has 3 N–H and O–H groups in total. The van der Waals surface area contributed by atoms with E-state index in [9.17, 15) is 14.7 Å². The molecule has 10 heteroatoms. The van der Waals surface area contributed by atoms with Crippen molar-refractivity contribution in [3.05, 3.63) is 55.0 Å². The number of aromatic nitrogens is 3. The van der Waals surface area contributed by atoms with Crippen molar-refractivity contribution in [2.24, 2.45) is 0 Å². The molecule has 9 nitrogen and oxygen atoms in total. The number of hydrogen-bond donors (Lipinski definition) is 3. The minimum absolute atomic E-state index is 0.392. The zero-order valence-electron chi connectivity index (χ0n) is 14.6. The molecule has 2 amide bonds. The molecule has 1 aliphatic heterocycles. The minimum atomic E-state index is -1.39. The molecule has 29 heavy (non-hydrogen) atoms. The zero-order valence-corrected chi connectivity index (χ0v) is 15.4. The first kappa shape index (κ1) is 17.1. The van der Waals surface area contributed by atoms with Crippen LogP contribution in [0.3, 0.4) is 0 Å². The quantitative estimate of drug-likeness (QED) is 0.419. The van der Waals surface area contributed by atoms with Crippen LogP contribution in [-0.4, -0.2) is 31.4 Å². The van der Waals surface area contributed by atoms with Gasteiger partial charge in [-0.15, -0.1) is 0 Å². The summed E-state index contributed by atoms with van der Waals surface area (Å²) in [7, 11) is -1.39. The van der Waals surface area contributed by atoms with Crippen molar-refractivity contribution in [1.82, 2.24) is 15.0 Å². The van der Waals surface area contributed by atoms with Gasteiger partial charge in [0.25, 0.3) is 4.83 Å². The number of nitrogens with one attached hydrogen (secondary N) is 2. The average molecular weight is 406 g/mol. The van der Waals surface area contributed by atoms with Gasteiger partial charge in [-0.3, -0.25) is 0 Å². The van der Waals surface area contributed by atoms with E-state index in [1.807, 2.05) is 0 Å². The molecule has 4 aromatic rings. The predicted octanol–water partition coefficient (Wildman–Crippen LogP) is 4.72. The molecule has 0 fully saturated rings. The number of hydrogen-bond acceptors (Lipinski definition) is 6. The van der Waals surface area contributed by atoms with Crippen molar-refractivity contribution in [1.29, 1.82) is 0 Å². The van der Waals surface area contributed by atoms with Gasteiger partial charge >= 0.3 is 11.3 Å². The highest BCUT2D eigenvalue weighted by atomic mass is 32.2. The average Bonchev–Trinajstić information content (AvgIpc) is 3.05. The van der Waals surface area contributed by atoms with Crippen LogP contribution in [0.4, 0.5) is 21.0 Å². The maximum Gasteiger partial charge on any atom is 0.554 e. The number of carboxylic acid groups (broad SMARTS) is 1. The topological polar surface area (TPSA) is 126 Å². The van der Waals surface area contributed by atoms with Gasteiger partial charge < -0.3 is 20.5 Å². The number of anilines is 2. The maximum absolute atomic E-state index is 12.1. The van der Waals surface area contributed by atoms with Crippen molar-refractivity contribution < 1.29 is 19.4 Å². The number of pyridine rings is 3. The molecule has 5 rings (SSSR count). The molecule has 0 aromatic carbocycles. The summed E-state index contributed by atoms with van der Waals surface area (Å²) in [4.78, 5) is 37.7. The summed E-state index contributed by atoms with van der Waals surface area (Å²) >= 11 is 0. The minimum Gasteiger partial charge on any atom is -0.437 e. The van der Waals surface area contributed by atoms with Gasteiger partial charge in [0, 0.05) is 18.5 Å². The summed E-state index contributed by atoms with van der Waals surface area (Å²) in [5.41, 5.74) is 1.37. The summed E-state index contributed by atoms with van der Waals surface area (Å²) in [6.07, 6.45) is 4.59. The molecule has 5 heterocycles. The van der Waals surface area contributed by atoms with E-state index < -0.39 is 21.8 Å². The molecule has 0 saturated carbocycles. The van der Waals surface area contributed by atoms with E-state index in [-0.39, 0.29) is 0 Å². The van der Waals surface area contributed by atoms with Crippen molar-refractivity contribution >= 4 is 43.4 Å². The van der Waals surface area contributed by atoms with Gasteiger partial charge in [-0.2, -0.15) is 4.79 Å². The summed E-state index contributed by atoms with van der Waals surface area (Å²) in [6, 6.07) is 9.83. The third-order valence-electron chi connectivity index (χ3n) is 4.28. The second-order valence-corrected chi connectivity index (χ2v) is 7.80. The van der Waals surface area contributed by atoms with Crippen LogP contribution in [0.25, 0.3) is 20.8 Å². The number of ether oxygens (including phenoxy) is 1. The van der Waals surface area contributed by atoms with Gasteiger partial charge in [-0.1, -0.05) is 6.07 Å². The molecule has 0 saturated heterocycles. The first-order valence-corrected chi connectivity index (χ1v) is 9.68. The van der Waals surface area contributed by atoms with E-state index in [2.05, 4.69) is 25.6 Å². The Balaban J connectivity index is 1.64. The molecule has 0 bridgehead atoms. The lowest BCUT2D eigenvalue weighted by Crippen LogP contribution is -2.23. The summed E-state index contributed by atoms with van der Waals surface area (Å²) in [5, 5.41) is 14.8. The number of carbonyl (C=O) groups excluding carboxylic acids is 1. The Morgan fingerprint density at radius 2 is 1.93 bits per heavy atom. The molecule has 0 aliphatic carbocycles. The van der Waals surface area contributed by atoms with Gasteiger partial charge in [-0.25, -0.2) is 19.7 Å². The van der Waals surface area contributed by atoms with E-state index >= 15 is 0 Å². The van der Waals surface area contributed by atoms with Gasteiger partial charge in [-0.05, 0) is 24.3 Å². The fourth-order valence-corrected chi connectivity index (χ4v) is 4.95. The van der Waals surface area contributed by atoms with E-state index in [0.29, 0.717) is 43.8 Å². The first-order valence-electron chi connectivity index (χ1n) is 8.46. The third kappa shape index (κ3) is 2.82. The fraction of sp³-hybridized carbons (Fsp3) is 0. The molecule has 0 radical (unpaired) electrons. The number of urea groups is 1. The smallest absolute Gasteiger partial charge is 0.437 e. The number of nitrogens with zero attached hydrogens (tertiary/aromatic N) is 3. The van der Waals surface area contributed by atoms with Gasteiger partial charge in [0.05, 0.1) is 11.9 Å². The van der Waals surface area contributed by atoms with Crippen LogP contribution in [0.5, 0.6) is 11.6 Å². The molecule has 142 valence electrons. The summed E-state index contributed by atoms with van der Waals surface area (Å²) in [6.45, 7) is 0. The molecular weight excluding hydrogens is 394 g/mol. The number of thiophene rings is 1. The SMILES string of the molecule is O=C1Nc2ccnc3c2c(c(-c2ccc(Oc4ccccn4)cn2)[s+]3C(=O)O)N1. The standard InChI is InChI=1S/C19H11N5O4S/c25-18-23-11-6-8-21-17-14(11)15(24-18)16(29(17)19(26)27)12-5-4-10(9-22-12)28-13-3-1-2-7-20-13/h1-9H,(H2-,21,22,23,24,25,26,27)/p+1. The highest BCUT2D eigenvalue weighted by Gasteiger charge is 2.40. The highest BCUT2D eigenvalue weighted by Crippen LogP contribution is 2.52. The van der Waals surface area contributed by atoms with Crippen LogP contribution < -0.4 is 15.4 Å². The first-order chi connectivity index (χ1) is 14.1. The molecule has 1 aliphatic rings. The van der Waals surface area contributed by atoms with Gasteiger partial charge in [0.1, 0.15) is 33.0 Å². The van der Waals surface area contributed by atoms with Crippen molar-refractivity contribution in [3.8, 4) is 22.2 Å². The van der Waals surface area contributed by atoms with Gasteiger partial charge in [0.2, 0.25) is 10.8 Å². The molecule has 1 atom stereocenters. The van der Waals surface area contributed by atoms with Crippen LogP contribution in [0.2, 0.25) is 0 Å². The maximum atomic E-state index is 12.1. The Morgan fingerprint density at radius 1 is 1.03 bits per heavy atom. The van der Waals surface area contributed by atoms with Crippen molar-refractivity contribution in [2.75, 3.05) is 10.6 Å². The Labute approximate surface area is 166 Å². The molecular formula is C19H12N5O4S+. The second-order valence-electron chi connectivity index (χ2n) is 6.04. The lowest BCUT2D eigenvalue weighted by atomic mass is 10.1. The highest BCUT2D eigenvalue weighted by molar-refractivity contribution is 7.57. The van der Waals surface area contributed by atoms with Crippen LogP contribution in [0.1, 0.15) is 0 Å².